The number of methoxy groups -OCH3 is 1. The fourth-order valence-electron chi connectivity index (χ4n) is 1.36. The van der Waals surface area contributed by atoms with Gasteiger partial charge in [-0.1, -0.05) is 6.92 Å². The van der Waals surface area contributed by atoms with Gasteiger partial charge in [0.05, 0.1) is 18.0 Å². The van der Waals surface area contributed by atoms with Gasteiger partial charge in [-0.15, -0.1) is 0 Å². The molecule has 0 bridgehead atoms. The fourth-order valence-corrected chi connectivity index (χ4v) is 1.36. The Balaban J connectivity index is 2.75. The average molecular weight is 269 g/mol. The highest BCUT2D eigenvalue weighted by atomic mass is 16.6. The van der Waals surface area contributed by atoms with Crippen LogP contribution in [0.5, 0.6) is 5.88 Å². The normalized spacial score (nSPS) is 11.7. The van der Waals surface area contributed by atoms with Gasteiger partial charge in [-0.25, -0.2) is 0 Å². The summed E-state index contributed by atoms with van der Waals surface area (Å²) in [6, 6.07) is 2.68. The second-order valence-corrected chi connectivity index (χ2v) is 3.93. The van der Waals surface area contributed by atoms with Crippen LogP contribution in [-0.2, 0) is 4.79 Å². The molecule has 0 aliphatic heterocycles. The lowest BCUT2D eigenvalue weighted by molar-refractivity contribution is -0.384. The molecule has 8 nitrogen and oxygen atoms in total. The molecule has 0 spiro atoms. The van der Waals surface area contributed by atoms with Gasteiger partial charge >= 0.3 is 11.7 Å². The lowest BCUT2D eigenvalue weighted by Gasteiger charge is -2.09. The largest absolute Gasteiger partial charge is 0.481 e. The van der Waals surface area contributed by atoms with Crippen molar-refractivity contribution in [3.63, 3.8) is 0 Å². The Labute approximate surface area is 109 Å². The van der Waals surface area contributed by atoms with Crippen molar-refractivity contribution in [2.24, 2.45) is 5.92 Å². The van der Waals surface area contributed by atoms with Gasteiger partial charge in [-0.05, 0) is 6.42 Å². The molecular formula is C11H15N3O5. The Kier molecular flexibility index (Phi) is 5.04. The minimum atomic E-state index is -0.907. The molecular weight excluding hydrogens is 254 g/mol. The number of anilines is 1. The number of nitrogens with zero attached hydrogens (tertiary/aromatic N) is 2. The lowest BCUT2D eigenvalue weighted by Crippen LogP contribution is -2.15. The van der Waals surface area contributed by atoms with Crippen molar-refractivity contribution in [2.75, 3.05) is 19.0 Å². The zero-order valence-electron chi connectivity index (χ0n) is 10.6. The predicted octanol–water partition coefficient (Wildman–Crippen LogP) is 1.52. The van der Waals surface area contributed by atoms with Crippen molar-refractivity contribution in [3.8, 4) is 5.88 Å². The number of rotatable bonds is 7. The van der Waals surface area contributed by atoms with Gasteiger partial charge in [0.2, 0.25) is 11.7 Å². The summed E-state index contributed by atoms with van der Waals surface area (Å²) in [5, 5.41) is 22.3. The monoisotopic (exact) mass is 269 g/mol. The summed E-state index contributed by atoms with van der Waals surface area (Å²) in [6.07, 6.45) is 0.339. The number of hydrogen-bond donors (Lipinski definition) is 2. The summed E-state index contributed by atoms with van der Waals surface area (Å²) in [4.78, 5) is 24.8. The molecule has 0 aliphatic rings. The van der Waals surface area contributed by atoms with Crippen LogP contribution in [0.15, 0.2) is 12.1 Å². The first-order chi connectivity index (χ1) is 8.95. The predicted molar refractivity (Wildman–Crippen MR) is 67.3 cm³/mol. The number of aliphatic carboxylic acids is 1. The first-order valence-corrected chi connectivity index (χ1v) is 5.61. The first-order valence-electron chi connectivity index (χ1n) is 5.61. The van der Waals surface area contributed by atoms with Crippen molar-refractivity contribution in [1.29, 1.82) is 0 Å². The van der Waals surface area contributed by atoms with E-state index in [0.717, 1.165) is 0 Å². The molecule has 104 valence electrons. The number of carboxylic acid groups (broad SMARTS) is 1. The van der Waals surface area contributed by atoms with Crippen molar-refractivity contribution >= 4 is 17.5 Å². The van der Waals surface area contributed by atoms with Crippen LogP contribution >= 0.6 is 0 Å². The molecule has 0 aromatic carbocycles. The Hall–Kier alpha value is -2.38. The van der Waals surface area contributed by atoms with E-state index in [2.05, 4.69) is 10.3 Å². The summed E-state index contributed by atoms with van der Waals surface area (Å²) in [5.41, 5.74) is -0.177. The Morgan fingerprint density at radius 3 is 2.84 bits per heavy atom. The number of hydrogen-bond acceptors (Lipinski definition) is 6. The van der Waals surface area contributed by atoms with Crippen LogP contribution in [0.25, 0.3) is 0 Å². The maximum absolute atomic E-state index is 10.8. The molecule has 2 N–H and O–H groups in total. The molecule has 1 heterocycles. The van der Waals surface area contributed by atoms with Crippen molar-refractivity contribution in [3.05, 3.63) is 22.2 Å². The molecule has 1 unspecified atom stereocenters. The number of nitrogens with one attached hydrogen (secondary N) is 1. The molecule has 1 aromatic rings. The third-order valence-electron chi connectivity index (χ3n) is 2.55. The lowest BCUT2D eigenvalue weighted by atomic mass is 10.1. The average Bonchev–Trinajstić information content (AvgIpc) is 2.37. The maximum Gasteiger partial charge on any atom is 0.311 e. The molecule has 0 saturated heterocycles. The summed E-state index contributed by atoms with van der Waals surface area (Å²) >= 11 is 0. The minimum Gasteiger partial charge on any atom is -0.481 e. The summed E-state index contributed by atoms with van der Waals surface area (Å²) < 4.78 is 4.89. The van der Waals surface area contributed by atoms with E-state index in [1.54, 1.807) is 6.92 Å². The molecule has 0 fully saturated rings. The Morgan fingerprint density at radius 2 is 2.32 bits per heavy atom. The van der Waals surface area contributed by atoms with Crippen LogP contribution in [0, 0.1) is 16.0 Å². The number of pyridine rings is 1. The highest BCUT2D eigenvalue weighted by molar-refractivity contribution is 5.69. The highest BCUT2D eigenvalue weighted by Gasteiger charge is 2.17. The molecule has 1 atom stereocenters. The minimum absolute atomic E-state index is 0.0712. The summed E-state index contributed by atoms with van der Waals surface area (Å²) in [5.74, 6) is -1.12. The second kappa shape index (κ2) is 6.53. The van der Waals surface area contributed by atoms with Gasteiger partial charge in [-0.3, -0.25) is 14.9 Å². The molecule has 0 aliphatic carbocycles. The van der Waals surface area contributed by atoms with Crippen LogP contribution in [0.2, 0.25) is 0 Å². The SMILES string of the molecule is COc1ccc([N+](=O)[O-])c(NCCC(C)C(=O)O)n1. The van der Waals surface area contributed by atoms with Crippen molar-refractivity contribution < 1.29 is 19.6 Å². The molecule has 19 heavy (non-hydrogen) atoms. The topological polar surface area (TPSA) is 115 Å². The van der Waals surface area contributed by atoms with Gasteiger partial charge in [-0.2, -0.15) is 4.98 Å². The van der Waals surface area contributed by atoms with E-state index in [1.807, 2.05) is 0 Å². The van der Waals surface area contributed by atoms with Crippen LogP contribution in [0.1, 0.15) is 13.3 Å². The summed E-state index contributed by atoms with van der Waals surface area (Å²) in [7, 11) is 1.41. The quantitative estimate of drug-likeness (QED) is 0.569. The zero-order valence-corrected chi connectivity index (χ0v) is 10.6. The van der Waals surface area contributed by atoms with Gasteiger partial charge < -0.3 is 15.2 Å². The maximum atomic E-state index is 10.8. The van der Waals surface area contributed by atoms with Crippen LogP contribution in [-0.4, -0.2) is 34.6 Å². The highest BCUT2D eigenvalue weighted by Crippen LogP contribution is 2.24. The second-order valence-electron chi connectivity index (χ2n) is 3.93. The van der Waals surface area contributed by atoms with E-state index >= 15 is 0 Å². The van der Waals surface area contributed by atoms with E-state index in [-0.39, 0.29) is 23.9 Å². The zero-order chi connectivity index (χ0) is 14.4. The molecule has 0 radical (unpaired) electrons. The molecule has 0 amide bonds. The third-order valence-corrected chi connectivity index (χ3v) is 2.55. The van der Waals surface area contributed by atoms with Crippen LogP contribution in [0.3, 0.4) is 0 Å². The molecule has 0 saturated carbocycles. The third kappa shape index (κ3) is 4.09. The summed E-state index contributed by atoms with van der Waals surface area (Å²) in [6.45, 7) is 1.84. The van der Waals surface area contributed by atoms with Crippen molar-refractivity contribution in [1.82, 2.24) is 4.98 Å². The molecule has 8 heteroatoms. The number of ether oxygens (including phenoxy) is 1. The number of carboxylic acids is 1. The van der Waals surface area contributed by atoms with Crippen LogP contribution in [0.4, 0.5) is 11.5 Å². The van der Waals surface area contributed by atoms with E-state index in [0.29, 0.717) is 6.42 Å². The Morgan fingerprint density at radius 1 is 1.63 bits per heavy atom. The molecule has 1 aromatic heterocycles. The van der Waals surface area contributed by atoms with E-state index in [4.69, 9.17) is 9.84 Å². The smallest absolute Gasteiger partial charge is 0.311 e. The number of aromatic nitrogens is 1. The van der Waals surface area contributed by atoms with E-state index in [9.17, 15) is 14.9 Å². The standard InChI is InChI=1S/C11H15N3O5/c1-7(11(15)16)5-6-12-10-8(14(17)18)3-4-9(13-10)19-2/h3-4,7H,5-6H2,1-2H3,(H,12,13)(H,15,16). The van der Waals surface area contributed by atoms with Gasteiger partial charge in [0.1, 0.15) is 0 Å². The van der Waals surface area contributed by atoms with Gasteiger partial charge in [0, 0.05) is 18.7 Å². The fraction of sp³-hybridized carbons (Fsp3) is 0.455. The number of nitro groups is 1. The van der Waals surface area contributed by atoms with E-state index in [1.165, 1.54) is 19.2 Å². The first kappa shape index (κ1) is 14.7. The number of carbonyl (C=O) groups is 1. The van der Waals surface area contributed by atoms with Crippen molar-refractivity contribution in [2.45, 2.75) is 13.3 Å². The van der Waals surface area contributed by atoms with Crippen LogP contribution < -0.4 is 10.1 Å². The van der Waals surface area contributed by atoms with Gasteiger partial charge in [0.25, 0.3) is 0 Å². The Bertz CT molecular complexity index is 477. The van der Waals surface area contributed by atoms with E-state index < -0.39 is 16.8 Å². The molecule has 1 rings (SSSR count). The van der Waals surface area contributed by atoms with Gasteiger partial charge in [0.15, 0.2) is 0 Å².